The molecule has 0 aromatic carbocycles. The zero-order valence-corrected chi connectivity index (χ0v) is 12.7. The standard InChI is InChI=1S/C15H30N2O2/c1-4-19-10-14(11(2)3)17-15(18)13-7-5-6-12(8-13)9-16/h11-14H,4-10,16H2,1-3H3,(H,17,18). The van der Waals surface area contributed by atoms with E-state index in [9.17, 15) is 4.79 Å². The number of rotatable bonds is 7. The molecule has 0 bridgehead atoms. The molecule has 0 aromatic rings. The summed E-state index contributed by atoms with van der Waals surface area (Å²) >= 11 is 0. The maximum atomic E-state index is 12.3. The van der Waals surface area contributed by atoms with E-state index in [1.54, 1.807) is 0 Å². The molecule has 1 aliphatic carbocycles. The van der Waals surface area contributed by atoms with Crippen LogP contribution in [-0.4, -0.2) is 31.7 Å². The summed E-state index contributed by atoms with van der Waals surface area (Å²) < 4.78 is 5.45. The Morgan fingerprint density at radius 2 is 2.16 bits per heavy atom. The second kappa shape index (κ2) is 8.54. The van der Waals surface area contributed by atoms with Crippen LogP contribution in [0.3, 0.4) is 0 Å². The number of hydrogen-bond acceptors (Lipinski definition) is 3. The minimum Gasteiger partial charge on any atom is -0.380 e. The van der Waals surface area contributed by atoms with E-state index in [0.717, 1.165) is 19.3 Å². The van der Waals surface area contributed by atoms with E-state index >= 15 is 0 Å². The Balaban J connectivity index is 2.46. The summed E-state index contributed by atoms with van der Waals surface area (Å²) in [5.74, 6) is 1.25. The van der Waals surface area contributed by atoms with Gasteiger partial charge in [-0.15, -0.1) is 0 Å². The van der Waals surface area contributed by atoms with E-state index in [4.69, 9.17) is 10.5 Å². The number of carbonyl (C=O) groups is 1. The highest BCUT2D eigenvalue weighted by Crippen LogP contribution is 2.28. The van der Waals surface area contributed by atoms with Crippen molar-refractivity contribution in [2.45, 2.75) is 52.5 Å². The minimum absolute atomic E-state index is 0.116. The van der Waals surface area contributed by atoms with Gasteiger partial charge in [-0.3, -0.25) is 4.79 Å². The van der Waals surface area contributed by atoms with Crippen LogP contribution in [0.15, 0.2) is 0 Å². The molecule has 1 amide bonds. The molecule has 1 saturated carbocycles. The monoisotopic (exact) mass is 270 g/mol. The van der Waals surface area contributed by atoms with Gasteiger partial charge in [-0.1, -0.05) is 20.3 Å². The van der Waals surface area contributed by atoms with Crippen molar-refractivity contribution in [3.63, 3.8) is 0 Å². The second-order valence-corrected chi connectivity index (χ2v) is 5.98. The van der Waals surface area contributed by atoms with Crippen molar-refractivity contribution in [2.24, 2.45) is 23.5 Å². The van der Waals surface area contributed by atoms with Gasteiger partial charge in [0.05, 0.1) is 12.6 Å². The fraction of sp³-hybridized carbons (Fsp3) is 0.933. The van der Waals surface area contributed by atoms with Crippen molar-refractivity contribution in [3.8, 4) is 0 Å². The van der Waals surface area contributed by atoms with Gasteiger partial charge in [0.1, 0.15) is 0 Å². The molecule has 0 radical (unpaired) electrons. The molecule has 0 saturated heterocycles. The Labute approximate surface area is 117 Å². The molecule has 3 atom stereocenters. The first kappa shape index (κ1) is 16.4. The van der Waals surface area contributed by atoms with Crippen LogP contribution >= 0.6 is 0 Å². The van der Waals surface area contributed by atoms with Crippen LogP contribution in [0.5, 0.6) is 0 Å². The quantitative estimate of drug-likeness (QED) is 0.743. The first-order valence-corrected chi connectivity index (χ1v) is 7.66. The van der Waals surface area contributed by atoms with Crippen molar-refractivity contribution in [2.75, 3.05) is 19.8 Å². The molecule has 1 rings (SSSR count). The third kappa shape index (κ3) is 5.49. The van der Waals surface area contributed by atoms with Crippen LogP contribution in [0.4, 0.5) is 0 Å². The highest BCUT2D eigenvalue weighted by molar-refractivity contribution is 5.79. The molecule has 0 aromatic heterocycles. The number of nitrogens with one attached hydrogen (secondary N) is 1. The van der Waals surface area contributed by atoms with Gasteiger partial charge in [-0.05, 0) is 44.6 Å². The fourth-order valence-corrected chi connectivity index (χ4v) is 2.69. The summed E-state index contributed by atoms with van der Waals surface area (Å²) in [6.45, 7) is 8.22. The van der Waals surface area contributed by atoms with E-state index in [2.05, 4.69) is 19.2 Å². The number of ether oxygens (including phenoxy) is 1. The average molecular weight is 270 g/mol. The number of nitrogens with two attached hydrogens (primary N) is 1. The van der Waals surface area contributed by atoms with Gasteiger partial charge in [0.15, 0.2) is 0 Å². The van der Waals surface area contributed by atoms with Crippen molar-refractivity contribution in [3.05, 3.63) is 0 Å². The largest absolute Gasteiger partial charge is 0.380 e. The molecule has 1 aliphatic rings. The molecule has 0 aliphatic heterocycles. The van der Waals surface area contributed by atoms with Crippen LogP contribution < -0.4 is 11.1 Å². The van der Waals surface area contributed by atoms with Crippen molar-refractivity contribution < 1.29 is 9.53 Å². The van der Waals surface area contributed by atoms with Crippen molar-refractivity contribution >= 4 is 5.91 Å². The van der Waals surface area contributed by atoms with Crippen LogP contribution in [0.25, 0.3) is 0 Å². The molecular weight excluding hydrogens is 240 g/mol. The Morgan fingerprint density at radius 3 is 2.74 bits per heavy atom. The summed E-state index contributed by atoms with van der Waals surface area (Å²) in [7, 11) is 0. The van der Waals surface area contributed by atoms with Crippen molar-refractivity contribution in [1.29, 1.82) is 0 Å². The first-order chi connectivity index (χ1) is 9.08. The van der Waals surface area contributed by atoms with Gasteiger partial charge in [0.2, 0.25) is 5.91 Å². The van der Waals surface area contributed by atoms with E-state index in [1.807, 2.05) is 6.92 Å². The minimum atomic E-state index is 0.116. The van der Waals surface area contributed by atoms with Gasteiger partial charge < -0.3 is 15.8 Å². The maximum Gasteiger partial charge on any atom is 0.223 e. The SMILES string of the molecule is CCOCC(NC(=O)C1CCCC(CN)C1)C(C)C. The predicted octanol–water partition coefficient (Wildman–Crippen LogP) is 1.93. The van der Waals surface area contributed by atoms with Crippen LogP contribution in [-0.2, 0) is 9.53 Å². The smallest absolute Gasteiger partial charge is 0.223 e. The van der Waals surface area contributed by atoms with Gasteiger partial charge in [-0.2, -0.15) is 0 Å². The maximum absolute atomic E-state index is 12.3. The number of carbonyl (C=O) groups excluding carboxylic acids is 1. The third-order valence-electron chi connectivity index (χ3n) is 4.12. The summed E-state index contributed by atoms with van der Waals surface area (Å²) in [5, 5.41) is 3.16. The van der Waals surface area contributed by atoms with Crippen LogP contribution in [0.2, 0.25) is 0 Å². The highest BCUT2D eigenvalue weighted by atomic mass is 16.5. The molecule has 4 nitrogen and oxygen atoms in total. The normalized spacial score (nSPS) is 25.3. The van der Waals surface area contributed by atoms with Gasteiger partial charge >= 0.3 is 0 Å². The van der Waals surface area contributed by atoms with Crippen LogP contribution in [0, 0.1) is 17.8 Å². The van der Waals surface area contributed by atoms with Crippen LogP contribution in [0.1, 0.15) is 46.5 Å². The van der Waals surface area contributed by atoms with Gasteiger partial charge in [-0.25, -0.2) is 0 Å². The molecule has 3 unspecified atom stereocenters. The van der Waals surface area contributed by atoms with E-state index in [1.165, 1.54) is 6.42 Å². The Kier molecular flexibility index (Phi) is 7.39. The van der Waals surface area contributed by atoms with E-state index in [0.29, 0.717) is 31.6 Å². The van der Waals surface area contributed by atoms with E-state index in [-0.39, 0.29) is 17.9 Å². The van der Waals surface area contributed by atoms with Gasteiger partial charge in [0.25, 0.3) is 0 Å². The summed E-state index contributed by atoms with van der Waals surface area (Å²) in [6, 6.07) is 0.116. The lowest BCUT2D eigenvalue weighted by atomic mass is 9.81. The molecular formula is C15H30N2O2. The molecule has 19 heavy (non-hydrogen) atoms. The molecule has 0 spiro atoms. The third-order valence-corrected chi connectivity index (χ3v) is 4.12. The zero-order valence-electron chi connectivity index (χ0n) is 12.7. The molecule has 1 fully saturated rings. The summed E-state index contributed by atoms with van der Waals surface area (Å²) in [5.41, 5.74) is 5.73. The van der Waals surface area contributed by atoms with E-state index < -0.39 is 0 Å². The molecule has 0 heterocycles. The summed E-state index contributed by atoms with van der Waals surface area (Å²) in [4.78, 5) is 12.3. The average Bonchev–Trinajstić information content (AvgIpc) is 2.42. The summed E-state index contributed by atoms with van der Waals surface area (Å²) in [6.07, 6.45) is 4.24. The lowest BCUT2D eigenvalue weighted by Crippen LogP contribution is -2.45. The zero-order chi connectivity index (χ0) is 14.3. The molecule has 4 heteroatoms. The van der Waals surface area contributed by atoms with Gasteiger partial charge in [0, 0.05) is 12.5 Å². The Morgan fingerprint density at radius 1 is 1.42 bits per heavy atom. The lowest BCUT2D eigenvalue weighted by molar-refractivity contribution is -0.128. The Hall–Kier alpha value is -0.610. The highest BCUT2D eigenvalue weighted by Gasteiger charge is 2.28. The lowest BCUT2D eigenvalue weighted by Gasteiger charge is -2.30. The predicted molar refractivity (Wildman–Crippen MR) is 77.8 cm³/mol. The molecule has 112 valence electrons. The fourth-order valence-electron chi connectivity index (χ4n) is 2.69. The first-order valence-electron chi connectivity index (χ1n) is 7.66. The number of hydrogen-bond donors (Lipinski definition) is 2. The topological polar surface area (TPSA) is 64.3 Å². The van der Waals surface area contributed by atoms with Crippen molar-refractivity contribution in [1.82, 2.24) is 5.32 Å². The number of amides is 1. The second-order valence-electron chi connectivity index (χ2n) is 5.98. The Bertz CT molecular complexity index is 269. The molecule has 3 N–H and O–H groups in total.